The van der Waals surface area contributed by atoms with Gasteiger partial charge in [-0.05, 0) is 60.7 Å². The van der Waals surface area contributed by atoms with Crippen LogP contribution in [0, 0.1) is 6.92 Å². The standard InChI is InChI=1S/C26H28N2O4/c1-18-8-12-22(24(14-18)32-17-19-6-4-3-5-7-19)27-26(30)28(21-10-11-21)16-20-9-13-23(29)25(15-20)31-2/h3-9,12-15,21,29H,10-11,16-17H2,1-2H3,(H,27,30). The Morgan fingerprint density at radius 1 is 1.03 bits per heavy atom. The van der Waals surface area contributed by atoms with Crippen LogP contribution in [-0.2, 0) is 13.2 Å². The van der Waals surface area contributed by atoms with Gasteiger partial charge in [-0.2, -0.15) is 0 Å². The average molecular weight is 433 g/mol. The highest BCUT2D eigenvalue weighted by atomic mass is 16.5. The third-order valence-electron chi connectivity index (χ3n) is 5.46. The van der Waals surface area contributed by atoms with Gasteiger partial charge in [0.1, 0.15) is 12.4 Å². The number of nitrogens with one attached hydrogen (secondary N) is 1. The fourth-order valence-electron chi connectivity index (χ4n) is 3.54. The molecule has 0 aliphatic heterocycles. The molecule has 0 spiro atoms. The molecule has 0 bridgehead atoms. The van der Waals surface area contributed by atoms with Crippen molar-refractivity contribution in [3.63, 3.8) is 0 Å². The van der Waals surface area contributed by atoms with Crippen LogP contribution in [-0.4, -0.2) is 29.2 Å². The van der Waals surface area contributed by atoms with Gasteiger partial charge in [-0.25, -0.2) is 4.79 Å². The number of aromatic hydroxyl groups is 1. The number of carbonyl (C=O) groups excluding carboxylic acids is 1. The molecule has 6 nitrogen and oxygen atoms in total. The normalized spacial score (nSPS) is 12.8. The number of hydrogen-bond donors (Lipinski definition) is 2. The number of hydrogen-bond acceptors (Lipinski definition) is 4. The van der Waals surface area contributed by atoms with E-state index < -0.39 is 0 Å². The van der Waals surface area contributed by atoms with Crippen LogP contribution in [0.2, 0.25) is 0 Å². The molecule has 1 aliphatic rings. The second kappa shape index (κ2) is 9.64. The van der Waals surface area contributed by atoms with Gasteiger partial charge in [0.15, 0.2) is 11.5 Å². The van der Waals surface area contributed by atoms with Gasteiger partial charge >= 0.3 is 6.03 Å². The highest BCUT2D eigenvalue weighted by molar-refractivity contribution is 5.91. The fourth-order valence-corrected chi connectivity index (χ4v) is 3.54. The van der Waals surface area contributed by atoms with Crippen molar-refractivity contribution >= 4 is 11.7 Å². The molecule has 0 radical (unpaired) electrons. The number of phenolic OH excluding ortho intramolecular Hbond substituents is 1. The number of methoxy groups -OCH3 is 1. The molecule has 0 aromatic heterocycles. The van der Waals surface area contributed by atoms with Crippen molar-refractivity contribution in [3.8, 4) is 17.2 Å². The van der Waals surface area contributed by atoms with E-state index in [0.29, 0.717) is 30.3 Å². The van der Waals surface area contributed by atoms with Gasteiger partial charge < -0.3 is 24.8 Å². The summed E-state index contributed by atoms with van der Waals surface area (Å²) in [4.78, 5) is 15.0. The molecular weight excluding hydrogens is 404 g/mol. The highest BCUT2D eigenvalue weighted by Gasteiger charge is 2.33. The predicted molar refractivity (Wildman–Crippen MR) is 124 cm³/mol. The monoisotopic (exact) mass is 432 g/mol. The number of nitrogens with zero attached hydrogens (tertiary/aromatic N) is 1. The Bertz CT molecular complexity index is 1080. The van der Waals surface area contributed by atoms with E-state index in [1.54, 1.807) is 18.2 Å². The summed E-state index contributed by atoms with van der Waals surface area (Å²) in [5.41, 5.74) is 3.66. The largest absolute Gasteiger partial charge is 0.504 e. The Balaban J connectivity index is 1.49. The maximum atomic E-state index is 13.2. The summed E-state index contributed by atoms with van der Waals surface area (Å²) in [6.07, 6.45) is 1.96. The molecule has 3 aromatic carbocycles. The van der Waals surface area contributed by atoms with Gasteiger partial charge in [-0.15, -0.1) is 0 Å². The van der Waals surface area contributed by atoms with Gasteiger partial charge in [-0.1, -0.05) is 42.5 Å². The summed E-state index contributed by atoms with van der Waals surface area (Å²) in [6.45, 7) is 2.85. The molecule has 3 aromatic rings. The van der Waals surface area contributed by atoms with E-state index in [-0.39, 0.29) is 17.8 Å². The van der Waals surface area contributed by atoms with Crippen molar-refractivity contribution in [2.45, 2.75) is 39.0 Å². The number of carbonyl (C=O) groups is 1. The van der Waals surface area contributed by atoms with Crippen molar-refractivity contribution < 1.29 is 19.4 Å². The smallest absolute Gasteiger partial charge is 0.322 e. The number of amides is 2. The van der Waals surface area contributed by atoms with Crippen molar-refractivity contribution in [3.05, 3.63) is 83.4 Å². The van der Waals surface area contributed by atoms with Crippen LogP contribution in [0.1, 0.15) is 29.5 Å². The zero-order valence-electron chi connectivity index (χ0n) is 18.4. The van der Waals surface area contributed by atoms with Crippen molar-refractivity contribution in [1.82, 2.24) is 4.90 Å². The maximum Gasteiger partial charge on any atom is 0.322 e. The van der Waals surface area contributed by atoms with Crippen LogP contribution in [0.15, 0.2) is 66.7 Å². The molecule has 1 saturated carbocycles. The lowest BCUT2D eigenvalue weighted by atomic mass is 10.2. The van der Waals surface area contributed by atoms with Gasteiger partial charge in [0.05, 0.1) is 12.8 Å². The fraction of sp³-hybridized carbons (Fsp3) is 0.269. The Morgan fingerprint density at radius 3 is 2.53 bits per heavy atom. The van der Waals surface area contributed by atoms with E-state index in [4.69, 9.17) is 9.47 Å². The summed E-state index contributed by atoms with van der Waals surface area (Å²) < 4.78 is 11.2. The molecule has 0 saturated heterocycles. The van der Waals surface area contributed by atoms with Crippen LogP contribution in [0.5, 0.6) is 17.2 Å². The molecule has 0 heterocycles. The molecule has 2 amide bonds. The molecule has 32 heavy (non-hydrogen) atoms. The second-order valence-corrected chi connectivity index (χ2v) is 8.07. The third kappa shape index (κ3) is 5.32. The minimum absolute atomic E-state index is 0.0820. The van der Waals surface area contributed by atoms with E-state index in [0.717, 1.165) is 29.5 Å². The van der Waals surface area contributed by atoms with Crippen molar-refractivity contribution in [2.75, 3.05) is 12.4 Å². The number of benzene rings is 3. The second-order valence-electron chi connectivity index (χ2n) is 8.07. The Morgan fingerprint density at radius 2 is 1.81 bits per heavy atom. The quantitative estimate of drug-likeness (QED) is 0.494. The van der Waals surface area contributed by atoms with Gasteiger partial charge in [-0.3, -0.25) is 0 Å². The molecule has 1 fully saturated rings. The van der Waals surface area contributed by atoms with Crippen LogP contribution in [0.3, 0.4) is 0 Å². The van der Waals surface area contributed by atoms with Gasteiger partial charge in [0.2, 0.25) is 0 Å². The molecule has 0 unspecified atom stereocenters. The SMILES string of the molecule is COc1cc(CN(C(=O)Nc2ccc(C)cc2OCc2ccccc2)C2CC2)ccc1O. The number of ether oxygens (including phenoxy) is 2. The lowest BCUT2D eigenvalue weighted by molar-refractivity contribution is 0.206. The van der Waals surface area contributed by atoms with E-state index in [1.165, 1.54) is 7.11 Å². The highest BCUT2D eigenvalue weighted by Crippen LogP contribution is 2.33. The number of rotatable bonds is 8. The number of aryl methyl sites for hydroxylation is 1. The van der Waals surface area contributed by atoms with Crippen LogP contribution in [0.4, 0.5) is 10.5 Å². The Kier molecular flexibility index (Phi) is 6.50. The zero-order valence-corrected chi connectivity index (χ0v) is 18.4. The molecule has 0 atom stereocenters. The number of urea groups is 1. The Labute approximate surface area is 188 Å². The van der Waals surface area contributed by atoms with Crippen molar-refractivity contribution in [2.24, 2.45) is 0 Å². The minimum Gasteiger partial charge on any atom is -0.504 e. The summed E-state index contributed by atoms with van der Waals surface area (Å²) in [5, 5.41) is 12.9. The first-order valence-corrected chi connectivity index (χ1v) is 10.7. The first-order chi connectivity index (χ1) is 15.5. The van der Waals surface area contributed by atoms with Gasteiger partial charge in [0, 0.05) is 12.6 Å². The lowest BCUT2D eigenvalue weighted by Crippen LogP contribution is -2.36. The first kappa shape index (κ1) is 21.6. The molecule has 166 valence electrons. The molecule has 2 N–H and O–H groups in total. The van der Waals surface area contributed by atoms with E-state index in [1.807, 2.05) is 60.4 Å². The van der Waals surface area contributed by atoms with E-state index in [9.17, 15) is 9.90 Å². The minimum atomic E-state index is -0.173. The van der Waals surface area contributed by atoms with E-state index in [2.05, 4.69) is 5.32 Å². The molecular formula is C26H28N2O4. The Hall–Kier alpha value is -3.67. The predicted octanol–water partition coefficient (Wildman–Crippen LogP) is 5.48. The summed E-state index contributed by atoms with van der Waals surface area (Å²) in [6, 6.07) is 20.9. The summed E-state index contributed by atoms with van der Waals surface area (Å²) in [5.74, 6) is 1.12. The van der Waals surface area contributed by atoms with E-state index >= 15 is 0 Å². The first-order valence-electron chi connectivity index (χ1n) is 10.7. The summed E-state index contributed by atoms with van der Waals surface area (Å²) >= 11 is 0. The molecule has 4 rings (SSSR count). The molecule has 6 heteroatoms. The van der Waals surface area contributed by atoms with Gasteiger partial charge in [0.25, 0.3) is 0 Å². The van der Waals surface area contributed by atoms with Crippen LogP contribution in [0.25, 0.3) is 0 Å². The van der Waals surface area contributed by atoms with Crippen LogP contribution < -0.4 is 14.8 Å². The van der Waals surface area contributed by atoms with Crippen molar-refractivity contribution in [1.29, 1.82) is 0 Å². The van der Waals surface area contributed by atoms with Crippen LogP contribution >= 0.6 is 0 Å². The zero-order chi connectivity index (χ0) is 22.5. The number of phenols is 1. The lowest BCUT2D eigenvalue weighted by Gasteiger charge is -2.24. The maximum absolute atomic E-state index is 13.2. The topological polar surface area (TPSA) is 71.0 Å². The number of anilines is 1. The summed E-state index contributed by atoms with van der Waals surface area (Å²) in [7, 11) is 1.51. The molecule has 1 aliphatic carbocycles. The average Bonchev–Trinajstić information content (AvgIpc) is 3.64. The third-order valence-corrected chi connectivity index (χ3v) is 5.46.